The number of rotatable bonds is 3. The maximum absolute atomic E-state index is 10.9. The average Bonchev–Trinajstić information content (AvgIpc) is 2.29. The second-order valence-corrected chi connectivity index (χ2v) is 3.16. The van der Waals surface area contributed by atoms with Gasteiger partial charge in [0.05, 0.1) is 0 Å². The third-order valence-electron chi connectivity index (χ3n) is 1.73. The van der Waals surface area contributed by atoms with Crippen LogP contribution in [0.15, 0.2) is 35.6 Å². The number of benzene rings is 1. The highest BCUT2D eigenvalue weighted by Gasteiger charge is 2.10. The molecule has 0 amide bonds. The van der Waals surface area contributed by atoms with E-state index in [0.29, 0.717) is 5.56 Å². The molecule has 0 radical (unpaired) electrons. The summed E-state index contributed by atoms with van der Waals surface area (Å²) in [6, 6.07) is 8.63. The summed E-state index contributed by atoms with van der Waals surface area (Å²) in [5.41, 5.74) is 0.506. The van der Waals surface area contributed by atoms with E-state index < -0.39 is 5.97 Å². The summed E-state index contributed by atoms with van der Waals surface area (Å²) in [7, 11) is 0. The molecule has 0 aliphatic heterocycles. The van der Waals surface area contributed by atoms with E-state index in [-0.39, 0.29) is 17.4 Å². The lowest BCUT2D eigenvalue weighted by atomic mass is 10.2. The van der Waals surface area contributed by atoms with Crippen LogP contribution in [-0.2, 0) is 9.53 Å². The van der Waals surface area contributed by atoms with Crippen molar-refractivity contribution in [2.24, 2.45) is 0 Å². The van der Waals surface area contributed by atoms with Gasteiger partial charge >= 0.3 is 5.97 Å². The van der Waals surface area contributed by atoms with Crippen molar-refractivity contribution in [3.05, 3.63) is 41.1 Å². The molecule has 0 unspecified atom stereocenters. The van der Waals surface area contributed by atoms with Gasteiger partial charge in [0.15, 0.2) is 5.76 Å². The van der Waals surface area contributed by atoms with Crippen molar-refractivity contribution in [1.82, 2.24) is 0 Å². The van der Waals surface area contributed by atoms with E-state index >= 15 is 0 Å². The Morgan fingerprint density at radius 2 is 2.00 bits per heavy atom. The van der Waals surface area contributed by atoms with Crippen molar-refractivity contribution >= 4 is 23.3 Å². The Morgan fingerprint density at radius 3 is 2.53 bits per heavy atom. The van der Waals surface area contributed by atoms with Crippen LogP contribution in [0.5, 0.6) is 0 Å². The topological polar surface area (TPSA) is 46.5 Å². The summed E-state index contributed by atoms with van der Waals surface area (Å²) in [5.74, 6) is -0.721. The van der Waals surface area contributed by atoms with Gasteiger partial charge in [0.1, 0.15) is 0 Å². The van der Waals surface area contributed by atoms with Gasteiger partial charge in [-0.1, -0.05) is 37.3 Å². The lowest BCUT2D eigenvalue weighted by Crippen LogP contribution is -2.01. The molecule has 0 bridgehead atoms. The number of halogens is 1. The van der Waals surface area contributed by atoms with Crippen LogP contribution in [0.1, 0.15) is 18.9 Å². The standard InChI is InChI=1S/C11H11ClO3/c1-2-9(13)15-11(12)10(14)8-6-4-3-5-7-8/h3-7,14H,2H2,1H3/b11-10-. The van der Waals surface area contributed by atoms with Crippen LogP contribution in [0.2, 0.25) is 0 Å². The zero-order valence-corrected chi connectivity index (χ0v) is 8.99. The zero-order chi connectivity index (χ0) is 11.3. The van der Waals surface area contributed by atoms with Gasteiger partial charge in [-0.2, -0.15) is 0 Å². The SMILES string of the molecule is CCC(=O)O/C(Cl)=C(\O)c1ccccc1. The first kappa shape index (κ1) is 11.6. The Balaban J connectivity index is 2.86. The predicted molar refractivity (Wildman–Crippen MR) is 58.2 cm³/mol. The van der Waals surface area contributed by atoms with Gasteiger partial charge in [-0.15, -0.1) is 0 Å². The number of hydrogen-bond acceptors (Lipinski definition) is 3. The molecule has 1 aromatic carbocycles. The fourth-order valence-electron chi connectivity index (χ4n) is 0.930. The van der Waals surface area contributed by atoms with Gasteiger partial charge in [-0.25, -0.2) is 0 Å². The third kappa shape index (κ3) is 3.29. The highest BCUT2D eigenvalue weighted by Crippen LogP contribution is 2.19. The Kier molecular flexibility index (Phi) is 4.18. The van der Waals surface area contributed by atoms with E-state index in [1.807, 2.05) is 6.07 Å². The van der Waals surface area contributed by atoms with Gasteiger partial charge in [-0.3, -0.25) is 4.79 Å². The van der Waals surface area contributed by atoms with Gasteiger partial charge in [0.25, 0.3) is 0 Å². The predicted octanol–water partition coefficient (Wildman–Crippen LogP) is 3.06. The first-order valence-corrected chi connectivity index (χ1v) is 4.87. The van der Waals surface area contributed by atoms with Crippen molar-refractivity contribution in [2.75, 3.05) is 0 Å². The Labute approximate surface area is 92.9 Å². The lowest BCUT2D eigenvalue weighted by Gasteiger charge is -2.04. The molecule has 0 saturated heterocycles. The van der Waals surface area contributed by atoms with Crippen LogP contribution >= 0.6 is 11.6 Å². The minimum Gasteiger partial charge on any atom is -0.503 e. The number of aliphatic hydroxyl groups excluding tert-OH is 1. The molecular formula is C11H11ClO3. The molecule has 15 heavy (non-hydrogen) atoms. The van der Waals surface area contributed by atoms with E-state index in [1.54, 1.807) is 31.2 Å². The van der Waals surface area contributed by atoms with E-state index in [1.165, 1.54) is 0 Å². The van der Waals surface area contributed by atoms with Gasteiger partial charge in [0.2, 0.25) is 5.22 Å². The van der Waals surface area contributed by atoms with Crippen molar-refractivity contribution in [2.45, 2.75) is 13.3 Å². The van der Waals surface area contributed by atoms with Crippen molar-refractivity contribution in [3.63, 3.8) is 0 Å². The van der Waals surface area contributed by atoms with Crippen LogP contribution in [0.3, 0.4) is 0 Å². The highest BCUT2D eigenvalue weighted by molar-refractivity contribution is 6.31. The largest absolute Gasteiger partial charge is 0.503 e. The minimum absolute atomic E-state index is 0.207. The van der Waals surface area contributed by atoms with Crippen molar-refractivity contribution < 1.29 is 14.6 Å². The number of carbonyl (C=O) groups excluding carboxylic acids is 1. The molecule has 0 aliphatic carbocycles. The number of hydrogen-bond donors (Lipinski definition) is 1. The second-order valence-electron chi connectivity index (χ2n) is 2.82. The van der Waals surface area contributed by atoms with Gasteiger partial charge in [0, 0.05) is 12.0 Å². The average molecular weight is 227 g/mol. The number of carbonyl (C=O) groups is 1. The first-order chi connectivity index (χ1) is 7.15. The molecule has 1 aromatic rings. The lowest BCUT2D eigenvalue weighted by molar-refractivity contribution is -0.138. The molecule has 0 spiro atoms. The van der Waals surface area contributed by atoms with Crippen LogP contribution in [0.4, 0.5) is 0 Å². The van der Waals surface area contributed by atoms with Crippen LogP contribution in [0, 0.1) is 0 Å². The summed E-state index contributed by atoms with van der Waals surface area (Å²) in [6.07, 6.45) is 0.207. The minimum atomic E-state index is -0.484. The van der Waals surface area contributed by atoms with Crippen molar-refractivity contribution in [3.8, 4) is 0 Å². The summed E-state index contributed by atoms with van der Waals surface area (Å²) >= 11 is 5.63. The molecule has 0 aromatic heterocycles. The highest BCUT2D eigenvalue weighted by atomic mass is 35.5. The molecule has 80 valence electrons. The number of ether oxygens (including phenoxy) is 1. The monoisotopic (exact) mass is 226 g/mol. The molecule has 1 N–H and O–H groups in total. The van der Waals surface area contributed by atoms with Gasteiger partial charge < -0.3 is 9.84 Å². The summed E-state index contributed by atoms with van der Waals surface area (Å²) in [6.45, 7) is 1.64. The Bertz CT molecular complexity index is 371. The van der Waals surface area contributed by atoms with E-state index in [4.69, 9.17) is 11.6 Å². The van der Waals surface area contributed by atoms with Crippen LogP contribution in [0.25, 0.3) is 5.76 Å². The molecule has 3 nitrogen and oxygen atoms in total. The quantitative estimate of drug-likeness (QED) is 0.637. The molecule has 0 heterocycles. The molecule has 0 aliphatic rings. The van der Waals surface area contributed by atoms with Gasteiger partial charge in [-0.05, 0) is 11.6 Å². The molecular weight excluding hydrogens is 216 g/mol. The molecule has 1 rings (SSSR count). The number of aliphatic hydroxyl groups is 1. The Hall–Kier alpha value is -1.48. The number of esters is 1. The second kappa shape index (κ2) is 5.41. The smallest absolute Gasteiger partial charge is 0.311 e. The normalized spacial score (nSPS) is 11.9. The molecule has 0 atom stereocenters. The van der Waals surface area contributed by atoms with E-state index in [2.05, 4.69) is 4.74 Å². The van der Waals surface area contributed by atoms with E-state index in [9.17, 15) is 9.90 Å². The summed E-state index contributed by atoms with van der Waals surface area (Å²) < 4.78 is 4.67. The van der Waals surface area contributed by atoms with Crippen molar-refractivity contribution in [1.29, 1.82) is 0 Å². The molecule has 0 saturated carbocycles. The fraction of sp³-hybridized carbons (Fsp3) is 0.182. The third-order valence-corrected chi connectivity index (χ3v) is 1.98. The Morgan fingerprint density at radius 1 is 1.40 bits per heavy atom. The maximum atomic E-state index is 10.9. The molecule has 0 fully saturated rings. The fourth-order valence-corrected chi connectivity index (χ4v) is 1.13. The van der Waals surface area contributed by atoms with Crippen LogP contribution in [-0.4, -0.2) is 11.1 Å². The zero-order valence-electron chi connectivity index (χ0n) is 8.24. The molecule has 4 heteroatoms. The summed E-state index contributed by atoms with van der Waals surface area (Å²) in [4.78, 5) is 10.9. The maximum Gasteiger partial charge on any atom is 0.311 e. The van der Waals surface area contributed by atoms with Crippen LogP contribution < -0.4 is 0 Å². The van der Waals surface area contributed by atoms with E-state index in [0.717, 1.165) is 0 Å². The first-order valence-electron chi connectivity index (χ1n) is 4.50. The summed E-state index contributed by atoms with van der Waals surface area (Å²) in [5, 5.41) is 9.31.